The molecule has 0 saturated carbocycles. The van der Waals surface area contributed by atoms with Crippen LogP contribution in [0.1, 0.15) is 30.1 Å². The van der Waals surface area contributed by atoms with Crippen molar-refractivity contribution in [3.8, 4) is 0 Å². The summed E-state index contributed by atoms with van der Waals surface area (Å²) in [5.41, 5.74) is 0.740. The first-order valence-corrected chi connectivity index (χ1v) is 10.2. The highest BCUT2D eigenvalue weighted by molar-refractivity contribution is 6.87. The van der Waals surface area contributed by atoms with Crippen molar-refractivity contribution in [3.05, 3.63) is 46.1 Å². The Morgan fingerprint density at radius 1 is 1.22 bits per heavy atom. The minimum absolute atomic E-state index is 0.166. The largest absolute Gasteiger partial charge is 0.289 e. The highest BCUT2D eigenvalue weighted by Gasteiger charge is 2.26. The normalized spacial score (nSPS) is 12.6. The van der Waals surface area contributed by atoms with Gasteiger partial charge in [-0.25, -0.2) is 0 Å². The van der Waals surface area contributed by atoms with Gasteiger partial charge in [0.2, 0.25) is 0 Å². The predicted molar refractivity (Wildman–Crippen MR) is 82.1 cm³/mol. The average Bonchev–Trinajstić information content (AvgIpc) is 2.28. The van der Waals surface area contributed by atoms with E-state index in [4.69, 9.17) is 11.6 Å². The zero-order chi connectivity index (χ0) is 13.8. The third kappa shape index (κ3) is 4.11. The summed E-state index contributed by atoms with van der Waals surface area (Å²) in [6, 6.07) is 7.17. The van der Waals surface area contributed by atoms with Gasteiger partial charge in [0.1, 0.15) is 0 Å². The van der Waals surface area contributed by atoms with Crippen LogP contribution in [0.25, 0.3) is 0 Å². The SMILES string of the molecule is CCC/C=C(/C(=O)c1ccc(Cl)cc1)[Si](C)(C)C. The van der Waals surface area contributed by atoms with Crippen molar-refractivity contribution in [2.45, 2.75) is 39.4 Å². The molecule has 0 amide bonds. The van der Waals surface area contributed by atoms with E-state index in [1.165, 1.54) is 0 Å². The standard InChI is InChI=1S/C15H21ClOSi/c1-5-6-7-14(18(2,3)4)15(17)12-8-10-13(16)11-9-12/h7-11H,5-6H2,1-4H3/b14-7-. The number of halogens is 1. The summed E-state index contributed by atoms with van der Waals surface area (Å²) in [7, 11) is -1.60. The van der Waals surface area contributed by atoms with Gasteiger partial charge in [0, 0.05) is 10.6 Å². The third-order valence-electron chi connectivity index (χ3n) is 2.80. The van der Waals surface area contributed by atoms with E-state index < -0.39 is 8.07 Å². The Hall–Kier alpha value is -0.863. The number of hydrogen-bond donors (Lipinski definition) is 0. The van der Waals surface area contributed by atoms with Gasteiger partial charge in [-0.1, -0.05) is 50.7 Å². The molecule has 1 rings (SSSR count). The number of benzene rings is 1. The van der Waals surface area contributed by atoms with Crippen LogP contribution < -0.4 is 0 Å². The van der Waals surface area contributed by atoms with Crippen LogP contribution in [0.5, 0.6) is 0 Å². The molecule has 18 heavy (non-hydrogen) atoms. The van der Waals surface area contributed by atoms with Crippen molar-refractivity contribution in [2.75, 3.05) is 0 Å². The summed E-state index contributed by atoms with van der Waals surface area (Å²) in [6.45, 7) is 8.76. The Balaban J connectivity index is 3.07. The Morgan fingerprint density at radius 2 is 1.78 bits per heavy atom. The van der Waals surface area contributed by atoms with E-state index in [-0.39, 0.29) is 5.78 Å². The third-order valence-corrected chi connectivity index (χ3v) is 5.10. The number of ketones is 1. The number of carbonyl (C=O) groups is 1. The molecule has 1 aromatic carbocycles. The molecule has 1 aromatic rings. The number of carbonyl (C=O) groups excluding carboxylic acids is 1. The lowest BCUT2D eigenvalue weighted by Gasteiger charge is -2.20. The molecule has 3 heteroatoms. The number of Topliss-reactive ketones (excluding diaryl/α,β-unsaturated/α-hetero) is 1. The van der Waals surface area contributed by atoms with E-state index >= 15 is 0 Å². The first-order chi connectivity index (χ1) is 8.36. The maximum Gasteiger partial charge on any atom is 0.184 e. The monoisotopic (exact) mass is 280 g/mol. The Labute approximate surface area is 116 Å². The lowest BCUT2D eigenvalue weighted by molar-refractivity contribution is 0.104. The maximum absolute atomic E-state index is 12.5. The Kier molecular flexibility index (Phi) is 5.36. The Morgan fingerprint density at radius 3 is 2.22 bits per heavy atom. The molecule has 0 bridgehead atoms. The zero-order valence-electron chi connectivity index (χ0n) is 11.6. The fraction of sp³-hybridized carbons (Fsp3) is 0.400. The van der Waals surface area contributed by atoms with E-state index in [9.17, 15) is 4.79 Å². The van der Waals surface area contributed by atoms with E-state index in [1.54, 1.807) is 12.1 Å². The Bertz CT molecular complexity index is 441. The summed E-state index contributed by atoms with van der Waals surface area (Å²) in [5.74, 6) is 0.166. The molecule has 0 heterocycles. The van der Waals surface area contributed by atoms with E-state index in [2.05, 4.69) is 32.6 Å². The lowest BCUT2D eigenvalue weighted by atomic mass is 10.1. The van der Waals surface area contributed by atoms with Crippen molar-refractivity contribution in [2.24, 2.45) is 0 Å². The molecule has 0 N–H and O–H groups in total. The second-order valence-electron chi connectivity index (χ2n) is 5.49. The smallest absolute Gasteiger partial charge is 0.184 e. The highest BCUT2D eigenvalue weighted by Crippen LogP contribution is 2.21. The highest BCUT2D eigenvalue weighted by atomic mass is 35.5. The van der Waals surface area contributed by atoms with Crippen LogP contribution in [0.4, 0.5) is 0 Å². The van der Waals surface area contributed by atoms with E-state index in [1.807, 2.05) is 12.1 Å². The van der Waals surface area contributed by atoms with E-state index in [0.29, 0.717) is 5.02 Å². The summed E-state index contributed by atoms with van der Waals surface area (Å²) in [6.07, 6.45) is 4.17. The van der Waals surface area contributed by atoms with Gasteiger partial charge in [0.15, 0.2) is 5.78 Å². The molecule has 0 fully saturated rings. The summed E-state index contributed by atoms with van der Waals surface area (Å²) >= 11 is 5.85. The zero-order valence-corrected chi connectivity index (χ0v) is 13.3. The van der Waals surface area contributed by atoms with Gasteiger partial charge >= 0.3 is 0 Å². The van der Waals surface area contributed by atoms with Gasteiger partial charge in [-0.3, -0.25) is 4.79 Å². The van der Waals surface area contributed by atoms with Gasteiger partial charge in [-0.15, -0.1) is 0 Å². The van der Waals surface area contributed by atoms with Gasteiger partial charge < -0.3 is 0 Å². The summed E-state index contributed by atoms with van der Waals surface area (Å²) in [4.78, 5) is 12.5. The fourth-order valence-electron chi connectivity index (χ4n) is 1.78. The lowest BCUT2D eigenvalue weighted by Crippen LogP contribution is -2.29. The summed E-state index contributed by atoms with van der Waals surface area (Å²) in [5, 5.41) is 1.69. The van der Waals surface area contributed by atoms with Gasteiger partial charge in [0.25, 0.3) is 0 Å². The maximum atomic E-state index is 12.5. The van der Waals surface area contributed by atoms with Crippen molar-refractivity contribution < 1.29 is 4.79 Å². The molecule has 0 unspecified atom stereocenters. The topological polar surface area (TPSA) is 17.1 Å². The number of allylic oxidation sites excluding steroid dienone is 2. The summed E-state index contributed by atoms with van der Waals surface area (Å²) < 4.78 is 0. The molecular weight excluding hydrogens is 260 g/mol. The molecular formula is C15H21ClOSi. The molecule has 0 spiro atoms. The number of unbranched alkanes of at least 4 members (excludes halogenated alkanes) is 1. The van der Waals surface area contributed by atoms with Crippen molar-refractivity contribution in [1.82, 2.24) is 0 Å². The minimum atomic E-state index is -1.60. The average molecular weight is 281 g/mol. The van der Waals surface area contributed by atoms with Crippen LogP contribution in [0.15, 0.2) is 35.5 Å². The second kappa shape index (κ2) is 6.35. The molecule has 1 nitrogen and oxygen atoms in total. The van der Waals surface area contributed by atoms with Crippen LogP contribution in [0.3, 0.4) is 0 Å². The van der Waals surface area contributed by atoms with Crippen LogP contribution in [0, 0.1) is 0 Å². The van der Waals surface area contributed by atoms with Crippen LogP contribution >= 0.6 is 11.6 Å². The molecule has 0 aliphatic rings. The quantitative estimate of drug-likeness (QED) is 0.415. The molecule has 0 aliphatic heterocycles. The second-order valence-corrected chi connectivity index (χ2v) is 11.0. The van der Waals surface area contributed by atoms with E-state index in [0.717, 1.165) is 23.6 Å². The minimum Gasteiger partial charge on any atom is -0.289 e. The van der Waals surface area contributed by atoms with Crippen LogP contribution in [-0.4, -0.2) is 13.9 Å². The van der Waals surface area contributed by atoms with Gasteiger partial charge in [-0.2, -0.15) is 0 Å². The molecule has 0 atom stereocenters. The van der Waals surface area contributed by atoms with Crippen LogP contribution in [0.2, 0.25) is 24.7 Å². The molecule has 0 aromatic heterocycles. The molecule has 0 radical (unpaired) electrons. The van der Waals surface area contributed by atoms with Crippen LogP contribution in [-0.2, 0) is 0 Å². The molecule has 0 saturated heterocycles. The number of hydrogen-bond acceptors (Lipinski definition) is 1. The van der Waals surface area contributed by atoms with Gasteiger partial charge in [0.05, 0.1) is 8.07 Å². The van der Waals surface area contributed by atoms with Crippen molar-refractivity contribution in [3.63, 3.8) is 0 Å². The predicted octanol–water partition coefficient (Wildman–Crippen LogP) is 5.13. The fourth-order valence-corrected chi connectivity index (χ4v) is 3.49. The van der Waals surface area contributed by atoms with Crippen molar-refractivity contribution >= 4 is 25.5 Å². The van der Waals surface area contributed by atoms with Crippen molar-refractivity contribution in [1.29, 1.82) is 0 Å². The number of rotatable bonds is 5. The first kappa shape index (κ1) is 15.2. The molecule has 0 aliphatic carbocycles. The molecule has 98 valence electrons. The van der Waals surface area contributed by atoms with Gasteiger partial charge in [-0.05, 0) is 35.9 Å². The first-order valence-electron chi connectivity index (χ1n) is 6.37.